The van der Waals surface area contributed by atoms with Crippen molar-refractivity contribution in [2.24, 2.45) is 0 Å². The molecular formula is C26H24N2O6. The molecular weight excluding hydrogens is 436 g/mol. The number of carbonyl (C=O) groups excluding carboxylic acids is 2. The van der Waals surface area contributed by atoms with E-state index in [0.717, 1.165) is 5.56 Å². The van der Waals surface area contributed by atoms with Gasteiger partial charge in [0.15, 0.2) is 23.5 Å². The summed E-state index contributed by atoms with van der Waals surface area (Å²) >= 11 is 0. The van der Waals surface area contributed by atoms with Crippen molar-refractivity contribution in [1.29, 1.82) is 0 Å². The van der Waals surface area contributed by atoms with Gasteiger partial charge in [-0.1, -0.05) is 30.3 Å². The monoisotopic (exact) mass is 460 g/mol. The lowest BCUT2D eigenvalue weighted by Crippen LogP contribution is -2.29. The molecule has 1 amide bonds. The fourth-order valence-corrected chi connectivity index (χ4v) is 3.81. The number of para-hydroxylation sites is 2. The molecule has 4 rings (SSSR count). The Morgan fingerprint density at radius 1 is 0.853 bits per heavy atom. The first kappa shape index (κ1) is 22.8. The summed E-state index contributed by atoms with van der Waals surface area (Å²) in [6.07, 6.45) is 0. The normalized spacial score (nSPS) is 10.8. The van der Waals surface area contributed by atoms with E-state index in [1.54, 1.807) is 78.4 Å². The van der Waals surface area contributed by atoms with Crippen LogP contribution in [0.2, 0.25) is 0 Å². The molecule has 174 valence electrons. The highest BCUT2D eigenvalue weighted by molar-refractivity contribution is 5.94. The molecule has 0 aliphatic rings. The van der Waals surface area contributed by atoms with Crippen molar-refractivity contribution in [3.8, 4) is 11.5 Å². The van der Waals surface area contributed by atoms with Crippen LogP contribution in [-0.2, 0) is 27.4 Å². The Bertz CT molecular complexity index is 1370. The summed E-state index contributed by atoms with van der Waals surface area (Å²) < 4.78 is 17.4. The lowest BCUT2D eigenvalue weighted by molar-refractivity contribution is -0.149. The van der Waals surface area contributed by atoms with Gasteiger partial charge in [0.1, 0.15) is 6.54 Å². The van der Waals surface area contributed by atoms with Crippen LogP contribution in [-0.4, -0.2) is 37.3 Å². The van der Waals surface area contributed by atoms with Crippen LogP contribution in [0.3, 0.4) is 0 Å². The Morgan fingerprint density at radius 3 is 2.09 bits per heavy atom. The Balaban J connectivity index is 1.42. The van der Waals surface area contributed by atoms with Gasteiger partial charge in [-0.3, -0.25) is 14.4 Å². The molecule has 4 aromatic rings. The fraction of sp³-hybridized carbons (Fsp3) is 0.192. The van der Waals surface area contributed by atoms with E-state index in [4.69, 9.17) is 14.2 Å². The molecule has 3 aromatic carbocycles. The second-order valence-corrected chi connectivity index (χ2v) is 7.58. The highest BCUT2D eigenvalue weighted by atomic mass is 16.5. The van der Waals surface area contributed by atoms with Crippen LogP contribution >= 0.6 is 0 Å². The highest BCUT2D eigenvalue weighted by Crippen LogP contribution is 2.27. The molecule has 34 heavy (non-hydrogen) atoms. The van der Waals surface area contributed by atoms with Gasteiger partial charge in [-0.2, -0.15) is 0 Å². The number of fused-ring (bicyclic) bond motifs is 2. The quantitative estimate of drug-likeness (QED) is 0.321. The number of nitrogens with one attached hydrogen (secondary N) is 1. The summed E-state index contributed by atoms with van der Waals surface area (Å²) in [5.74, 6) is 0.133. The Hall–Kier alpha value is -4.33. The topological polar surface area (TPSA) is 95.9 Å². The van der Waals surface area contributed by atoms with Gasteiger partial charge in [0.25, 0.3) is 5.91 Å². The van der Waals surface area contributed by atoms with E-state index in [2.05, 4.69) is 5.32 Å². The number of amides is 1. The number of carbonyl (C=O) groups is 2. The third-order valence-electron chi connectivity index (χ3n) is 5.47. The van der Waals surface area contributed by atoms with Gasteiger partial charge in [0, 0.05) is 17.3 Å². The number of methoxy groups -OCH3 is 2. The van der Waals surface area contributed by atoms with E-state index < -0.39 is 18.5 Å². The molecule has 8 nitrogen and oxygen atoms in total. The van der Waals surface area contributed by atoms with Crippen molar-refractivity contribution < 1.29 is 23.8 Å². The molecule has 1 heterocycles. The third-order valence-corrected chi connectivity index (χ3v) is 5.47. The zero-order chi connectivity index (χ0) is 24.1. The van der Waals surface area contributed by atoms with Crippen LogP contribution in [0.15, 0.2) is 71.5 Å². The Kier molecular flexibility index (Phi) is 6.77. The summed E-state index contributed by atoms with van der Waals surface area (Å²) in [7, 11) is 3.08. The van der Waals surface area contributed by atoms with Crippen molar-refractivity contribution in [2.75, 3.05) is 20.8 Å². The van der Waals surface area contributed by atoms with Gasteiger partial charge in [-0.15, -0.1) is 0 Å². The molecule has 1 aromatic heterocycles. The molecule has 1 N–H and O–H groups in total. The number of aromatic nitrogens is 1. The number of nitrogens with zero attached hydrogens (tertiary/aromatic N) is 1. The summed E-state index contributed by atoms with van der Waals surface area (Å²) in [5, 5.41) is 3.74. The largest absolute Gasteiger partial charge is 0.493 e. The van der Waals surface area contributed by atoms with Crippen molar-refractivity contribution in [2.45, 2.75) is 13.1 Å². The minimum absolute atomic E-state index is 0.0923. The zero-order valence-electron chi connectivity index (χ0n) is 18.9. The maximum atomic E-state index is 12.8. The number of pyridine rings is 1. The maximum absolute atomic E-state index is 12.8. The zero-order valence-corrected chi connectivity index (χ0v) is 18.9. The summed E-state index contributed by atoms with van der Waals surface area (Å²) in [6, 6.07) is 19.5. The molecule has 8 heteroatoms. The number of hydrogen-bond acceptors (Lipinski definition) is 6. The fourth-order valence-electron chi connectivity index (χ4n) is 3.81. The van der Waals surface area contributed by atoms with Crippen LogP contribution in [0.1, 0.15) is 5.56 Å². The van der Waals surface area contributed by atoms with Crippen molar-refractivity contribution in [3.63, 3.8) is 0 Å². The molecule has 0 fully saturated rings. The average Bonchev–Trinajstić information content (AvgIpc) is 2.88. The number of esters is 1. The minimum atomic E-state index is -0.583. The van der Waals surface area contributed by atoms with E-state index in [-0.39, 0.29) is 18.5 Å². The van der Waals surface area contributed by atoms with E-state index in [0.29, 0.717) is 33.3 Å². The molecule has 0 radical (unpaired) electrons. The van der Waals surface area contributed by atoms with Gasteiger partial charge in [-0.25, -0.2) is 0 Å². The lowest BCUT2D eigenvalue weighted by Gasteiger charge is -2.14. The predicted molar refractivity (Wildman–Crippen MR) is 128 cm³/mol. The number of benzene rings is 3. The molecule has 0 unspecified atom stereocenters. The van der Waals surface area contributed by atoms with Gasteiger partial charge in [0.05, 0.1) is 25.3 Å². The van der Waals surface area contributed by atoms with Crippen LogP contribution in [0, 0.1) is 0 Å². The van der Waals surface area contributed by atoms with E-state index in [1.165, 1.54) is 7.11 Å². The van der Waals surface area contributed by atoms with Crippen LogP contribution < -0.4 is 20.2 Å². The van der Waals surface area contributed by atoms with Crippen molar-refractivity contribution >= 4 is 33.7 Å². The Morgan fingerprint density at radius 2 is 1.47 bits per heavy atom. The summed E-state index contributed by atoms with van der Waals surface area (Å²) in [5.41, 5.74) is 1.97. The smallest absolute Gasteiger partial charge is 0.326 e. The minimum Gasteiger partial charge on any atom is -0.493 e. The number of ether oxygens (including phenoxy) is 3. The number of hydrogen-bond donors (Lipinski definition) is 1. The highest BCUT2D eigenvalue weighted by Gasteiger charge is 2.15. The molecule has 0 atom stereocenters. The van der Waals surface area contributed by atoms with Gasteiger partial charge >= 0.3 is 5.97 Å². The van der Waals surface area contributed by atoms with Crippen molar-refractivity contribution in [3.05, 3.63) is 82.5 Å². The Labute approximate surface area is 195 Å². The van der Waals surface area contributed by atoms with Crippen molar-refractivity contribution in [1.82, 2.24) is 9.88 Å². The molecule has 0 saturated heterocycles. The first-order chi connectivity index (χ1) is 16.5. The average molecular weight is 460 g/mol. The summed E-state index contributed by atoms with van der Waals surface area (Å²) in [6.45, 7) is -0.307. The van der Waals surface area contributed by atoms with Crippen LogP contribution in [0.4, 0.5) is 0 Å². The SMILES string of the molecule is COc1ccc(CNC(=O)COC(=O)Cn2c3ccccc3c(=O)c3ccccc32)cc1OC. The van der Waals surface area contributed by atoms with E-state index in [1.807, 2.05) is 0 Å². The van der Waals surface area contributed by atoms with Gasteiger partial charge < -0.3 is 24.1 Å². The second-order valence-electron chi connectivity index (χ2n) is 7.58. The predicted octanol–water partition coefficient (Wildman–Crippen LogP) is 3.03. The standard InChI is InChI=1S/C26H24N2O6/c1-32-22-12-11-17(13-23(22)33-2)14-27-24(29)16-34-25(30)15-28-20-9-5-3-7-18(20)26(31)19-8-4-6-10-21(19)28/h3-13H,14-16H2,1-2H3,(H,27,29). The first-order valence-electron chi connectivity index (χ1n) is 10.7. The molecule has 0 bridgehead atoms. The third kappa shape index (κ3) is 4.71. The van der Waals surface area contributed by atoms with E-state index >= 15 is 0 Å². The van der Waals surface area contributed by atoms with E-state index in [9.17, 15) is 14.4 Å². The van der Waals surface area contributed by atoms with Crippen LogP contribution in [0.25, 0.3) is 21.8 Å². The number of rotatable bonds is 8. The molecule has 0 aliphatic heterocycles. The lowest BCUT2D eigenvalue weighted by atomic mass is 10.1. The molecule has 0 saturated carbocycles. The van der Waals surface area contributed by atoms with Gasteiger partial charge in [0.2, 0.25) is 0 Å². The van der Waals surface area contributed by atoms with Crippen LogP contribution in [0.5, 0.6) is 11.5 Å². The summed E-state index contributed by atoms with van der Waals surface area (Å²) in [4.78, 5) is 37.6. The second kappa shape index (κ2) is 10.1. The molecule has 0 spiro atoms. The maximum Gasteiger partial charge on any atom is 0.326 e. The first-order valence-corrected chi connectivity index (χ1v) is 10.7. The van der Waals surface area contributed by atoms with Gasteiger partial charge in [-0.05, 0) is 42.0 Å². The molecule has 0 aliphatic carbocycles.